The van der Waals surface area contributed by atoms with E-state index in [-0.39, 0.29) is 16.5 Å². The molecule has 0 saturated carbocycles. The molecule has 0 fully saturated rings. The normalized spacial score (nSPS) is 17.7. The lowest BCUT2D eigenvalue weighted by Crippen LogP contribution is -2.40. The van der Waals surface area contributed by atoms with E-state index >= 15 is 0 Å². The van der Waals surface area contributed by atoms with Crippen molar-refractivity contribution < 1.29 is 12.8 Å². The molecule has 3 rings (SSSR count). The van der Waals surface area contributed by atoms with Crippen LogP contribution in [-0.2, 0) is 29.9 Å². The van der Waals surface area contributed by atoms with Gasteiger partial charge >= 0.3 is 0 Å². The molecule has 0 spiro atoms. The average Bonchev–Trinajstić information content (AvgIpc) is 2.49. The van der Waals surface area contributed by atoms with Gasteiger partial charge in [0.2, 0.25) is 10.0 Å². The van der Waals surface area contributed by atoms with Crippen molar-refractivity contribution in [2.24, 2.45) is 7.05 Å². The van der Waals surface area contributed by atoms with E-state index in [2.05, 4.69) is 9.82 Å². The summed E-state index contributed by atoms with van der Waals surface area (Å²) >= 11 is 0. The second-order valence-corrected chi connectivity index (χ2v) is 7.31. The second-order valence-electron chi connectivity index (χ2n) is 5.59. The van der Waals surface area contributed by atoms with Gasteiger partial charge in [-0.2, -0.15) is 5.10 Å². The summed E-state index contributed by atoms with van der Waals surface area (Å²) < 4.78 is 41.5. The Bertz CT molecular complexity index is 891. The van der Waals surface area contributed by atoms with Gasteiger partial charge in [0, 0.05) is 19.2 Å². The quantitative estimate of drug-likeness (QED) is 0.896. The van der Waals surface area contributed by atoms with Crippen LogP contribution in [0.5, 0.6) is 0 Å². The molecule has 0 bridgehead atoms. The number of benzene rings is 1. The topological polar surface area (TPSA) is 81.1 Å². The number of rotatable bonds is 3. The molecule has 1 atom stereocenters. The van der Waals surface area contributed by atoms with Gasteiger partial charge in [-0.1, -0.05) is 0 Å². The first-order chi connectivity index (χ1) is 10.8. The number of hydrogen-bond acceptors (Lipinski definition) is 4. The molecule has 6 nitrogen and oxygen atoms in total. The maximum atomic E-state index is 12.9. The molecule has 0 aliphatic heterocycles. The zero-order chi connectivity index (χ0) is 16.6. The minimum Gasteiger partial charge on any atom is -0.268 e. The number of sulfonamides is 1. The van der Waals surface area contributed by atoms with Gasteiger partial charge in [-0.3, -0.25) is 4.79 Å². The number of nitrogens with one attached hydrogen (secondary N) is 1. The van der Waals surface area contributed by atoms with Crippen LogP contribution < -0.4 is 10.3 Å². The minimum atomic E-state index is -3.72. The summed E-state index contributed by atoms with van der Waals surface area (Å²) in [6.07, 6.45) is 1.61. The first-order valence-electron chi connectivity index (χ1n) is 7.19. The molecular formula is C15H16FN3O3S. The Morgan fingerprint density at radius 1 is 1.30 bits per heavy atom. The van der Waals surface area contributed by atoms with E-state index in [1.807, 2.05) is 0 Å². The van der Waals surface area contributed by atoms with Crippen LogP contribution >= 0.6 is 0 Å². The van der Waals surface area contributed by atoms with Crippen LogP contribution in [0.4, 0.5) is 4.39 Å². The van der Waals surface area contributed by atoms with E-state index in [1.165, 1.54) is 22.9 Å². The van der Waals surface area contributed by atoms with Gasteiger partial charge < -0.3 is 0 Å². The van der Waals surface area contributed by atoms with Crippen molar-refractivity contribution >= 4 is 10.0 Å². The molecule has 1 heterocycles. The summed E-state index contributed by atoms with van der Waals surface area (Å²) in [5.41, 5.74) is 1.38. The summed E-state index contributed by atoms with van der Waals surface area (Å²) in [4.78, 5) is 11.7. The van der Waals surface area contributed by atoms with Crippen molar-refractivity contribution in [3.05, 3.63) is 57.8 Å². The molecule has 0 amide bonds. The summed E-state index contributed by atoms with van der Waals surface area (Å²) in [7, 11) is -2.13. The standard InChI is InChI=1S/C15H16FN3O3S/c1-19-15(20)9-10-8-12(4-7-14(10)17-19)18-23(21,22)13-5-2-11(16)3-6-13/h2-3,5-6,9,12,18H,4,7-8H2,1H3/t12-/m1/s1. The Morgan fingerprint density at radius 3 is 2.70 bits per heavy atom. The lowest BCUT2D eigenvalue weighted by Gasteiger charge is -2.24. The van der Waals surface area contributed by atoms with E-state index in [0.29, 0.717) is 19.3 Å². The van der Waals surface area contributed by atoms with E-state index in [0.717, 1.165) is 23.4 Å². The third-order valence-electron chi connectivity index (χ3n) is 3.90. The highest BCUT2D eigenvalue weighted by atomic mass is 32.2. The van der Waals surface area contributed by atoms with Gasteiger partial charge in [0.1, 0.15) is 5.82 Å². The van der Waals surface area contributed by atoms with Crippen molar-refractivity contribution in [1.29, 1.82) is 0 Å². The predicted octanol–water partition coefficient (Wildman–Crippen LogP) is 0.755. The Morgan fingerprint density at radius 2 is 2.00 bits per heavy atom. The Labute approximate surface area is 133 Å². The average molecular weight is 337 g/mol. The lowest BCUT2D eigenvalue weighted by molar-refractivity contribution is 0.492. The van der Waals surface area contributed by atoms with Crippen LogP contribution in [0.25, 0.3) is 0 Å². The highest BCUT2D eigenvalue weighted by Gasteiger charge is 2.25. The van der Waals surface area contributed by atoms with Crippen molar-refractivity contribution in [3.63, 3.8) is 0 Å². The maximum absolute atomic E-state index is 12.9. The molecule has 122 valence electrons. The van der Waals surface area contributed by atoms with Crippen LogP contribution in [0.15, 0.2) is 40.0 Å². The molecule has 0 saturated heterocycles. The maximum Gasteiger partial charge on any atom is 0.266 e. The van der Waals surface area contributed by atoms with Crippen molar-refractivity contribution in [2.45, 2.75) is 30.2 Å². The molecule has 1 aliphatic carbocycles. The predicted molar refractivity (Wildman–Crippen MR) is 82.0 cm³/mol. The molecule has 1 aromatic heterocycles. The molecule has 23 heavy (non-hydrogen) atoms. The van der Waals surface area contributed by atoms with E-state index in [4.69, 9.17) is 0 Å². The van der Waals surface area contributed by atoms with E-state index < -0.39 is 15.8 Å². The summed E-state index contributed by atoms with van der Waals surface area (Å²) in [5.74, 6) is -0.488. The van der Waals surface area contributed by atoms with Crippen molar-refractivity contribution in [2.75, 3.05) is 0 Å². The number of fused-ring (bicyclic) bond motifs is 1. The fourth-order valence-corrected chi connectivity index (χ4v) is 3.96. The molecule has 1 N–H and O–H groups in total. The summed E-state index contributed by atoms with van der Waals surface area (Å²) in [6, 6.07) is 5.86. The van der Waals surface area contributed by atoms with Crippen LogP contribution in [0.1, 0.15) is 17.7 Å². The SMILES string of the molecule is Cn1nc2c(cc1=O)C[C@H](NS(=O)(=O)c1ccc(F)cc1)CC2. The van der Waals surface area contributed by atoms with E-state index in [1.54, 1.807) is 7.05 Å². The molecule has 1 aliphatic rings. The van der Waals surface area contributed by atoms with Gasteiger partial charge in [0.15, 0.2) is 0 Å². The number of nitrogens with zero attached hydrogens (tertiary/aromatic N) is 2. The molecule has 0 unspecified atom stereocenters. The molecule has 8 heteroatoms. The van der Waals surface area contributed by atoms with Gasteiger partial charge in [-0.25, -0.2) is 22.2 Å². The third kappa shape index (κ3) is 3.32. The fraction of sp³-hybridized carbons (Fsp3) is 0.333. The highest BCUT2D eigenvalue weighted by molar-refractivity contribution is 7.89. The zero-order valence-electron chi connectivity index (χ0n) is 12.5. The molecule has 1 aromatic carbocycles. The number of aryl methyl sites for hydroxylation is 2. The Balaban J connectivity index is 1.80. The van der Waals surface area contributed by atoms with Crippen LogP contribution in [-0.4, -0.2) is 24.2 Å². The van der Waals surface area contributed by atoms with Gasteiger partial charge in [0.05, 0.1) is 10.6 Å². The van der Waals surface area contributed by atoms with E-state index in [9.17, 15) is 17.6 Å². The van der Waals surface area contributed by atoms with Crippen LogP contribution in [0.2, 0.25) is 0 Å². The highest BCUT2D eigenvalue weighted by Crippen LogP contribution is 2.20. The van der Waals surface area contributed by atoms with Gasteiger partial charge in [-0.15, -0.1) is 0 Å². The smallest absolute Gasteiger partial charge is 0.266 e. The monoisotopic (exact) mass is 337 g/mol. The van der Waals surface area contributed by atoms with Crippen LogP contribution in [0, 0.1) is 5.82 Å². The Hall–Kier alpha value is -2.06. The third-order valence-corrected chi connectivity index (χ3v) is 5.44. The van der Waals surface area contributed by atoms with Crippen molar-refractivity contribution in [1.82, 2.24) is 14.5 Å². The zero-order valence-corrected chi connectivity index (χ0v) is 13.3. The molecule has 2 aromatic rings. The lowest BCUT2D eigenvalue weighted by atomic mass is 9.93. The number of halogens is 1. The Kier molecular flexibility index (Phi) is 4.03. The first kappa shape index (κ1) is 15.8. The van der Waals surface area contributed by atoms with Crippen molar-refractivity contribution in [3.8, 4) is 0 Å². The molecular weight excluding hydrogens is 321 g/mol. The van der Waals surface area contributed by atoms with Gasteiger partial charge in [0.25, 0.3) is 5.56 Å². The minimum absolute atomic E-state index is 0.0202. The fourth-order valence-electron chi connectivity index (χ4n) is 2.69. The number of aromatic nitrogens is 2. The van der Waals surface area contributed by atoms with Gasteiger partial charge in [-0.05, 0) is 49.1 Å². The first-order valence-corrected chi connectivity index (χ1v) is 8.67. The second kappa shape index (κ2) is 5.86. The number of hydrogen-bond donors (Lipinski definition) is 1. The molecule has 0 radical (unpaired) electrons. The largest absolute Gasteiger partial charge is 0.268 e. The summed E-state index contributed by atoms with van der Waals surface area (Å²) in [6.45, 7) is 0. The summed E-state index contributed by atoms with van der Waals surface area (Å²) in [5, 5.41) is 4.20. The van der Waals surface area contributed by atoms with Crippen LogP contribution in [0.3, 0.4) is 0 Å².